The Hall–Kier alpha value is -1.46. The molecule has 1 aliphatic rings. The minimum absolute atomic E-state index is 0.167. The minimum atomic E-state index is -0.671. The number of nitrogens with zero attached hydrogens (tertiary/aromatic N) is 1. The van der Waals surface area contributed by atoms with Gasteiger partial charge in [0.05, 0.1) is 0 Å². The van der Waals surface area contributed by atoms with Gasteiger partial charge in [-0.15, -0.1) is 0 Å². The largest absolute Gasteiger partial charge is 0.299 e. The van der Waals surface area contributed by atoms with Gasteiger partial charge in [-0.05, 0) is 37.1 Å². The van der Waals surface area contributed by atoms with Crippen molar-refractivity contribution in [3.05, 3.63) is 34.6 Å². The molecule has 0 fully saturated rings. The average Bonchev–Trinajstić information content (AvgIpc) is 2.44. The number of fused-ring (bicyclic) bond motifs is 1. The van der Waals surface area contributed by atoms with Crippen LogP contribution in [0.2, 0.25) is 0 Å². The Bertz CT molecular complexity index is 477. The van der Waals surface area contributed by atoms with Crippen LogP contribution in [0.1, 0.15) is 41.3 Å². The van der Waals surface area contributed by atoms with Crippen LogP contribution in [0.3, 0.4) is 0 Å². The van der Waals surface area contributed by atoms with Crippen molar-refractivity contribution in [2.45, 2.75) is 32.7 Å². The van der Waals surface area contributed by atoms with Crippen molar-refractivity contribution in [1.29, 1.82) is 0 Å². The maximum Gasteiger partial charge on any atom is 0.274 e. The fourth-order valence-electron chi connectivity index (χ4n) is 2.44. The maximum atomic E-state index is 14.0. The van der Waals surface area contributed by atoms with Gasteiger partial charge in [0.1, 0.15) is 5.82 Å². The van der Waals surface area contributed by atoms with Gasteiger partial charge in [-0.3, -0.25) is 14.9 Å². The highest BCUT2D eigenvalue weighted by Gasteiger charge is 2.21. The lowest BCUT2D eigenvalue weighted by atomic mass is 9.96. The molecule has 104 valence electrons. The molecule has 1 heterocycles. The molecule has 0 unspecified atom stereocenters. The molecule has 1 aromatic carbocycles. The molecule has 5 heteroatoms. The highest BCUT2D eigenvalue weighted by atomic mass is 19.1. The monoisotopic (exact) mass is 266 g/mol. The molecule has 4 nitrogen and oxygen atoms in total. The van der Waals surface area contributed by atoms with Gasteiger partial charge in [0, 0.05) is 24.2 Å². The van der Waals surface area contributed by atoms with Crippen molar-refractivity contribution in [3.8, 4) is 0 Å². The van der Waals surface area contributed by atoms with Crippen LogP contribution in [-0.2, 0) is 13.0 Å². The molecule has 2 rings (SSSR count). The van der Waals surface area contributed by atoms with E-state index in [2.05, 4.69) is 11.8 Å². The fraction of sp³-hybridized carbons (Fsp3) is 0.500. The number of carbonyl (C=O) groups excluding carboxylic acids is 1. The second kappa shape index (κ2) is 6.12. The van der Waals surface area contributed by atoms with Gasteiger partial charge in [-0.1, -0.05) is 13.3 Å². The standard InChI is InChI=1S/C14H19FN2O2/c1-2-3-5-17-6-4-10-7-11(14(18)16-19)8-13(15)12(10)9-17/h7-8,19H,2-6,9H2,1H3,(H,16,18). The first-order valence-electron chi connectivity index (χ1n) is 6.63. The van der Waals surface area contributed by atoms with Crippen LogP contribution in [0.4, 0.5) is 4.39 Å². The summed E-state index contributed by atoms with van der Waals surface area (Å²) < 4.78 is 14.0. The molecule has 0 atom stereocenters. The molecule has 19 heavy (non-hydrogen) atoms. The molecule has 0 aromatic heterocycles. The number of amides is 1. The van der Waals surface area contributed by atoms with Crippen molar-refractivity contribution in [3.63, 3.8) is 0 Å². The zero-order valence-corrected chi connectivity index (χ0v) is 11.1. The van der Waals surface area contributed by atoms with Gasteiger partial charge in [0.25, 0.3) is 5.91 Å². The van der Waals surface area contributed by atoms with Gasteiger partial charge in [0.15, 0.2) is 0 Å². The lowest BCUT2D eigenvalue weighted by molar-refractivity contribution is 0.0705. The van der Waals surface area contributed by atoms with Crippen molar-refractivity contribution in [2.24, 2.45) is 0 Å². The number of halogens is 1. The van der Waals surface area contributed by atoms with Crippen LogP contribution >= 0.6 is 0 Å². The van der Waals surface area contributed by atoms with Gasteiger partial charge in [-0.2, -0.15) is 0 Å². The van der Waals surface area contributed by atoms with Crippen LogP contribution in [0.25, 0.3) is 0 Å². The molecule has 1 aliphatic heterocycles. The van der Waals surface area contributed by atoms with Crippen molar-refractivity contribution in [2.75, 3.05) is 13.1 Å². The molecule has 0 spiro atoms. The van der Waals surface area contributed by atoms with Gasteiger partial charge < -0.3 is 0 Å². The van der Waals surface area contributed by atoms with Crippen molar-refractivity contribution < 1.29 is 14.4 Å². The lowest BCUT2D eigenvalue weighted by Crippen LogP contribution is -2.32. The number of benzene rings is 1. The third kappa shape index (κ3) is 3.11. The Morgan fingerprint density at radius 3 is 3.00 bits per heavy atom. The SMILES string of the molecule is CCCCN1CCc2cc(C(=O)NO)cc(F)c2C1. The number of rotatable bonds is 4. The first kappa shape index (κ1) is 14.0. The van der Waals surface area contributed by atoms with E-state index in [1.165, 1.54) is 11.5 Å². The molecular weight excluding hydrogens is 247 g/mol. The zero-order chi connectivity index (χ0) is 13.8. The zero-order valence-electron chi connectivity index (χ0n) is 11.1. The van der Waals surface area contributed by atoms with E-state index < -0.39 is 5.91 Å². The Kier molecular flexibility index (Phi) is 4.50. The summed E-state index contributed by atoms with van der Waals surface area (Å²) in [5.41, 5.74) is 3.25. The first-order chi connectivity index (χ1) is 9.15. The van der Waals surface area contributed by atoms with Gasteiger partial charge in [-0.25, -0.2) is 9.87 Å². The first-order valence-corrected chi connectivity index (χ1v) is 6.63. The predicted molar refractivity (Wildman–Crippen MR) is 69.5 cm³/mol. The normalized spacial score (nSPS) is 15.1. The van der Waals surface area contributed by atoms with E-state index in [0.29, 0.717) is 12.1 Å². The molecular formula is C14H19FN2O2. The summed E-state index contributed by atoms with van der Waals surface area (Å²) in [5.74, 6) is -1.03. The van der Waals surface area contributed by atoms with Crippen molar-refractivity contribution >= 4 is 5.91 Å². The minimum Gasteiger partial charge on any atom is -0.299 e. The van der Waals surface area contributed by atoms with Gasteiger partial charge in [0.2, 0.25) is 0 Å². The van der Waals surface area contributed by atoms with Crippen LogP contribution in [0, 0.1) is 5.82 Å². The number of hydrogen-bond donors (Lipinski definition) is 2. The quantitative estimate of drug-likeness (QED) is 0.648. The Morgan fingerprint density at radius 1 is 1.53 bits per heavy atom. The van der Waals surface area contributed by atoms with E-state index in [0.717, 1.165) is 37.9 Å². The molecule has 0 saturated heterocycles. The van der Waals surface area contributed by atoms with Crippen LogP contribution in [0.5, 0.6) is 0 Å². The number of nitrogens with one attached hydrogen (secondary N) is 1. The number of unbranched alkanes of at least 4 members (excludes halogenated alkanes) is 1. The number of carbonyl (C=O) groups is 1. The van der Waals surface area contributed by atoms with E-state index in [1.54, 1.807) is 6.07 Å². The Morgan fingerprint density at radius 2 is 2.32 bits per heavy atom. The second-order valence-electron chi connectivity index (χ2n) is 4.92. The number of hydrogen-bond acceptors (Lipinski definition) is 3. The van der Waals surface area contributed by atoms with Crippen LogP contribution in [-0.4, -0.2) is 29.1 Å². The summed E-state index contributed by atoms with van der Waals surface area (Å²) in [6.45, 7) is 4.60. The fourth-order valence-corrected chi connectivity index (χ4v) is 2.44. The summed E-state index contributed by atoms with van der Waals surface area (Å²) in [7, 11) is 0. The van der Waals surface area contributed by atoms with E-state index in [9.17, 15) is 9.18 Å². The smallest absolute Gasteiger partial charge is 0.274 e. The molecule has 0 aliphatic carbocycles. The van der Waals surface area contributed by atoms with Gasteiger partial charge >= 0.3 is 0 Å². The molecule has 0 saturated carbocycles. The highest BCUT2D eigenvalue weighted by molar-refractivity contribution is 5.93. The van der Waals surface area contributed by atoms with Crippen LogP contribution < -0.4 is 5.48 Å². The molecule has 1 aromatic rings. The third-order valence-electron chi connectivity index (χ3n) is 3.56. The number of hydroxylamine groups is 1. The molecule has 0 bridgehead atoms. The molecule has 0 radical (unpaired) electrons. The predicted octanol–water partition coefficient (Wildman–Crippen LogP) is 2.10. The van der Waals surface area contributed by atoms with Crippen molar-refractivity contribution in [1.82, 2.24) is 10.4 Å². The Balaban J connectivity index is 2.19. The summed E-state index contributed by atoms with van der Waals surface area (Å²) in [5, 5.41) is 8.59. The Labute approximate surface area is 112 Å². The molecule has 2 N–H and O–H groups in total. The van der Waals surface area contributed by atoms with E-state index in [4.69, 9.17) is 5.21 Å². The maximum absolute atomic E-state index is 14.0. The lowest BCUT2D eigenvalue weighted by Gasteiger charge is -2.29. The van der Waals surface area contributed by atoms with E-state index >= 15 is 0 Å². The second-order valence-corrected chi connectivity index (χ2v) is 4.92. The van der Waals surface area contributed by atoms with E-state index in [1.807, 2.05) is 0 Å². The van der Waals surface area contributed by atoms with Crippen LogP contribution in [0.15, 0.2) is 12.1 Å². The highest BCUT2D eigenvalue weighted by Crippen LogP contribution is 2.24. The topological polar surface area (TPSA) is 52.6 Å². The third-order valence-corrected chi connectivity index (χ3v) is 3.56. The summed E-state index contributed by atoms with van der Waals surface area (Å²) in [6.07, 6.45) is 2.98. The summed E-state index contributed by atoms with van der Waals surface area (Å²) >= 11 is 0. The average molecular weight is 266 g/mol. The summed E-state index contributed by atoms with van der Waals surface area (Å²) in [6, 6.07) is 2.86. The van der Waals surface area contributed by atoms with E-state index in [-0.39, 0.29) is 11.4 Å². The summed E-state index contributed by atoms with van der Waals surface area (Å²) in [4.78, 5) is 13.6. The molecule has 1 amide bonds.